The van der Waals surface area contributed by atoms with Gasteiger partial charge in [-0.15, -0.1) is 0 Å². The zero-order valence-electron chi connectivity index (χ0n) is 20.7. The van der Waals surface area contributed by atoms with Crippen molar-refractivity contribution >= 4 is 0 Å². The molecule has 1 saturated carbocycles. The van der Waals surface area contributed by atoms with Gasteiger partial charge >= 0.3 is 0 Å². The third-order valence-corrected chi connectivity index (χ3v) is 8.21. The molecule has 2 heterocycles. The summed E-state index contributed by atoms with van der Waals surface area (Å²) in [6.07, 6.45) is 9.13. The fraction of sp³-hybridized carbons (Fsp3) is 0.586. The minimum Gasteiger partial charge on any atom is -0.491 e. The summed E-state index contributed by atoms with van der Waals surface area (Å²) in [7, 11) is 0. The Morgan fingerprint density at radius 3 is 2.29 bits per heavy atom. The van der Waals surface area contributed by atoms with E-state index in [2.05, 4.69) is 6.92 Å². The number of ether oxygens (including phenoxy) is 3. The molecule has 1 saturated heterocycles. The molecule has 0 radical (unpaired) electrons. The van der Waals surface area contributed by atoms with Crippen molar-refractivity contribution in [3.8, 4) is 17.2 Å². The van der Waals surface area contributed by atoms with Crippen molar-refractivity contribution in [1.29, 1.82) is 0 Å². The predicted molar refractivity (Wildman–Crippen MR) is 129 cm³/mol. The highest BCUT2D eigenvalue weighted by atomic mass is 19.2. The van der Waals surface area contributed by atoms with Crippen molar-refractivity contribution in [3.63, 3.8) is 0 Å². The van der Waals surface area contributed by atoms with Crippen LogP contribution in [0.4, 0.5) is 13.2 Å². The summed E-state index contributed by atoms with van der Waals surface area (Å²) in [6, 6.07) is 4.91. The number of hydrogen-bond donors (Lipinski definition) is 0. The van der Waals surface area contributed by atoms with Crippen molar-refractivity contribution in [1.82, 2.24) is 0 Å². The van der Waals surface area contributed by atoms with Crippen LogP contribution < -0.4 is 9.47 Å². The largest absolute Gasteiger partial charge is 0.491 e. The van der Waals surface area contributed by atoms with E-state index in [4.69, 9.17) is 14.2 Å². The molecule has 2 unspecified atom stereocenters. The van der Waals surface area contributed by atoms with Crippen molar-refractivity contribution in [2.75, 3.05) is 13.2 Å². The lowest BCUT2D eigenvalue weighted by Gasteiger charge is -2.38. The van der Waals surface area contributed by atoms with Crippen molar-refractivity contribution in [3.05, 3.63) is 52.3 Å². The molecule has 2 aliphatic heterocycles. The average Bonchev–Trinajstić information content (AvgIpc) is 2.88. The first-order valence-corrected chi connectivity index (χ1v) is 13.2. The summed E-state index contributed by atoms with van der Waals surface area (Å²) < 4.78 is 62.1. The molecule has 2 aromatic carbocycles. The van der Waals surface area contributed by atoms with Gasteiger partial charge in [-0.1, -0.05) is 38.7 Å². The number of halogens is 3. The van der Waals surface area contributed by atoms with E-state index in [9.17, 15) is 4.39 Å². The van der Waals surface area contributed by atoms with Crippen LogP contribution in [0.15, 0.2) is 18.2 Å². The lowest BCUT2D eigenvalue weighted by molar-refractivity contribution is -0.0421. The maximum absolute atomic E-state index is 15.2. The van der Waals surface area contributed by atoms with Gasteiger partial charge in [-0.3, -0.25) is 0 Å². The van der Waals surface area contributed by atoms with Crippen molar-refractivity contribution < 1.29 is 27.4 Å². The van der Waals surface area contributed by atoms with Gasteiger partial charge in [0.05, 0.1) is 19.3 Å². The molecule has 3 nitrogen and oxygen atoms in total. The van der Waals surface area contributed by atoms with Gasteiger partial charge in [0.1, 0.15) is 0 Å². The molecule has 0 N–H and O–H groups in total. The van der Waals surface area contributed by atoms with E-state index in [1.165, 1.54) is 38.5 Å². The maximum Gasteiger partial charge on any atom is 0.207 e. The van der Waals surface area contributed by atoms with E-state index < -0.39 is 23.6 Å². The van der Waals surface area contributed by atoms with E-state index >= 15 is 8.78 Å². The van der Waals surface area contributed by atoms with Crippen LogP contribution in [-0.2, 0) is 11.2 Å². The molecule has 0 amide bonds. The minimum atomic E-state index is -1.08. The highest BCUT2D eigenvalue weighted by Gasteiger charge is 2.35. The molecule has 0 spiro atoms. The third-order valence-electron chi connectivity index (χ3n) is 8.21. The molecule has 5 rings (SSSR count). The van der Waals surface area contributed by atoms with E-state index in [-0.39, 0.29) is 29.2 Å². The number of benzene rings is 2. The Bertz CT molecular complexity index is 1050. The molecule has 2 aromatic rings. The SMILES string of the molecule is CCCC1CCC(C2CCC(c3cc4c(c(F)c3F)Oc3c(ccc(OCC)c3F)C4)OC2)CC1. The molecule has 35 heavy (non-hydrogen) atoms. The van der Waals surface area contributed by atoms with Crippen LogP contribution in [-0.4, -0.2) is 13.2 Å². The molecular formula is C29H35F3O3. The van der Waals surface area contributed by atoms with Gasteiger partial charge in [-0.05, 0) is 62.5 Å². The molecular weight excluding hydrogens is 453 g/mol. The average molecular weight is 489 g/mol. The molecule has 2 atom stereocenters. The van der Waals surface area contributed by atoms with Gasteiger partial charge in [0, 0.05) is 23.1 Å². The number of rotatable bonds is 6. The van der Waals surface area contributed by atoms with Crippen LogP contribution in [0.5, 0.6) is 17.2 Å². The van der Waals surface area contributed by atoms with Crippen LogP contribution in [0.1, 0.15) is 88.0 Å². The van der Waals surface area contributed by atoms with Crippen LogP contribution in [0.3, 0.4) is 0 Å². The van der Waals surface area contributed by atoms with E-state index in [1.54, 1.807) is 25.1 Å². The van der Waals surface area contributed by atoms with E-state index in [0.29, 0.717) is 42.6 Å². The summed E-state index contributed by atoms with van der Waals surface area (Å²) in [4.78, 5) is 0. The fourth-order valence-electron chi connectivity index (χ4n) is 6.31. The maximum atomic E-state index is 15.2. The highest BCUT2D eigenvalue weighted by molar-refractivity contribution is 5.55. The Labute approximate surface area is 206 Å². The Hall–Kier alpha value is -2.21. The summed E-state index contributed by atoms with van der Waals surface area (Å²) in [6.45, 7) is 4.89. The lowest BCUT2D eigenvalue weighted by Crippen LogP contribution is -2.30. The van der Waals surface area contributed by atoms with Gasteiger partial charge in [-0.25, -0.2) is 4.39 Å². The zero-order valence-corrected chi connectivity index (χ0v) is 20.7. The highest BCUT2D eigenvalue weighted by Crippen LogP contribution is 2.46. The number of hydrogen-bond acceptors (Lipinski definition) is 3. The van der Waals surface area contributed by atoms with E-state index in [1.807, 2.05) is 0 Å². The Morgan fingerprint density at radius 2 is 1.60 bits per heavy atom. The fourth-order valence-corrected chi connectivity index (χ4v) is 6.31. The molecule has 190 valence electrons. The summed E-state index contributed by atoms with van der Waals surface area (Å²) in [5, 5.41) is 0. The minimum absolute atomic E-state index is 0.0382. The summed E-state index contributed by atoms with van der Waals surface area (Å²) in [5.41, 5.74) is 1.33. The van der Waals surface area contributed by atoms with Gasteiger partial charge in [0.15, 0.2) is 23.1 Å². The Morgan fingerprint density at radius 1 is 0.857 bits per heavy atom. The summed E-state index contributed by atoms with van der Waals surface area (Å²) >= 11 is 0. The predicted octanol–water partition coefficient (Wildman–Crippen LogP) is 8.27. The second-order valence-corrected chi connectivity index (χ2v) is 10.4. The molecule has 1 aliphatic carbocycles. The van der Waals surface area contributed by atoms with Crippen molar-refractivity contribution in [2.45, 2.75) is 77.7 Å². The smallest absolute Gasteiger partial charge is 0.207 e. The first-order chi connectivity index (χ1) is 17.0. The first-order valence-electron chi connectivity index (χ1n) is 13.2. The first kappa shape index (κ1) is 24.5. The van der Waals surface area contributed by atoms with Crippen LogP contribution >= 0.6 is 0 Å². The Kier molecular flexibility index (Phi) is 7.29. The van der Waals surface area contributed by atoms with Crippen LogP contribution in [0.2, 0.25) is 0 Å². The monoisotopic (exact) mass is 488 g/mol. The number of fused-ring (bicyclic) bond motifs is 2. The van der Waals surface area contributed by atoms with Crippen LogP contribution in [0.25, 0.3) is 0 Å². The van der Waals surface area contributed by atoms with Gasteiger partial charge in [-0.2, -0.15) is 8.78 Å². The lowest BCUT2D eigenvalue weighted by atomic mass is 9.72. The van der Waals surface area contributed by atoms with Gasteiger partial charge in [0.25, 0.3) is 0 Å². The normalized spacial score (nSPS) is 26.0. The second-order valence-electron chi connectivity index (χ2n) is 10.4. The molecule has 0 bridgehead atoms. The topological polar surface area (TPSA) is 27.7 Å². The van der Waals surface area contributed by atoms with E-state index in [0.717, 1.165) is 12.3 Å². The Balaban J connectivity index is 1.29. The quantitative estimate of drug-likeness (QED) is 0.349. The van der Waals surface area contributed by atoms with Gasteiger partial charge in [0.2, 0.25) is 11.6 Å². The van der Waals surface area contributed by atoms with Crippen molar-refractivity contribution in [2.24, 2.45) is 17.8 Å². The molecule has 0 aromatic heterocycles. The molecule has 3 aliphatic rings. The molecule has 6 heteroatoms. The summed E-state index contributed by atoms with van der Waals surface area (Å²) in [5.74, 6) is -0.995. The standard InChI is InChI=1S/C29H35F3O3/c1-3-5-17-6-8-18(9-7-17)20-11-12-23(34-16-20)22-15-21-14-19-10-13-24(33-4-2)26(31)28(19)35-29(21)27(32)25(22)30/h10,13,15,17-18,20,23H,3-9,11-12,14,16H2,1-2H3. The molecule has 2 fully saturated rings. The third kappa shape index (κ3) is 4.78. The zero-order chi connectivity index (χ0) is 24.5. The second kappa shape index (κ2) is 10.4. The van der Waals surface area contributed by atoms with Crippen LogP contribution in [0, 0.1) is 35.2 Å². The van der Waals surface area contributed by atoms with Gasteiger partial charge < -0.3 is 14.2 Å².